The van der Waals surface area contributed by atoms with Gasteiger partial charge in [-0.15, -0.1) is 11.3 Å². The van der Waals surface area contributed by atoms with E-state index in [0.717, 1.165) is 63.6 Å². The smallest absolute Gasteiger partial charge is 0.145 e. The summed E-state index contributed by atoms with van der Waals surface area (Å²) >= 11 is 8.22. The lowest BCUT2D eigenvalue weighted by atomic mass is 9.98. The first-order chi connectivity index (χ1) is 14.2. The highest BCUT2D eigenvalue weighted by atomic mass is 35.5. The normalized spacial score (nSPS) is 17.9. The summed E-state index contributed by atoms with van der Waals surface area (Å²) in [6, 6.07) is 8.15. The number of hydrogen-bond donors (Lipinski definition) is 1. The summed E-state index contributed by atoms with van der Waals surface area (Å²) in [5, 5.41) is 11.0. The molecule has 1 aromatic carbocycles. The molecule has 146 valence electrons. The van der Waals surface area contributed by atoms with E-state index in [1.165, 1.54) is 17.0 Å². The van der Waals surface area contributed by atoms with Crippen molar-refractivity contribution in [1.82, 2.24) is 20.1 Å². The standard InChI is InChI=1S/C22H19ClN4OS/c1-27-20(16-11-24-5-3-17(16)26-27)19-9-12-8-13(23)10-15(21(12)28-19)14-2-6-25-18-4-7-29-22(14)18/h2,4,6-8,10,19,24H,3,5,9,11H2,1H3. The fourth-order valence-electron chi connectivity index (χ4n) is 4.62. The number of aryl methyl sites for hydroxylation is 1. The lowest BCUT2D eigenvalue weighted by molar-refractivity contribution is 0.226. The number of nitrogens with zero attached hydrogens (tertiary/aromatic N) is 3. The molecule has 0 radical (unpaired) electrons. The van der Waals surface area contributed by atoms with E-state index in [4.69, 9.17) is 21.4 Å². The molecular weight excluding hydrogens is 404 g/mol. The summed E-state index contributed by atoms with van der Waals surface area (Å²) < 4.78 is 9.76. The van der Waals surface area contributed by atoms with E-state index in [2.05, 4.69) is 21.7 Å². The van der Waals surface area contributed by atoms with Gasteiger partial charge in [0.15, 0.2) is 0 Å². The number of aromatic nitrogens is 3. The van der Waals surface area contributed by atoms with Crippen LogP contribution in [-0.2, 0) is 26.4 Å². The van der Waals surface area contributed by atoms with Crippen LogP contribution in [0.2, 0.25) is 5.02 Å². The van der Waals surface area contributed by atoms with Crippen LogP contribution in [0, 0.1) is 0 Å². The molecule has 0 amide bonds. The van der Waals surface area contributed by atoms with Crippen molar-refractivity contribution in [3.8, 4) is 16.9 Å². The molecule has 7 heteroatoms. The molecule has 2 aliphatic rings. The minimum atomic E-state index is -0.0518. The highest BCUT2D eigenvalue weighted by Crippen LogP contribution is 2.47. The van der Waals surface area contributed by atoms with Gasteiger partial charge in [-0.25, -0.2) is 0 Å². The predicted molar refractivity (Wildman–Crippen MR) is 116 cm³/mol. The molecule has 1 unspecified atom stereocenters. The van der Waals surface area contributed by atoms with Crippen LogP contribution in [0.5, 0.6) is 5.75 Å². The van der Waals surface area contributed by atoms with E-state index in [9.17, 15) is 0 Å². The number of ether oxygens (including phenoxy) is 1. The van der Waals surface area contributed by atoms with Gasteiger partial charge in [0.1, 0.15) is 11.9 Å². The molecular formula is C22H19ClN4OS. The molecule has 0 saturated carbocycles. The second-order valence-corrected chi connectivity index (χ2v) is 8.96. The highest BCUT2D eigenvalue weighted by molar-refractivity contribution is 7.17. The van der Waals surface area contributed by atoms with Crippen molar-refractivity contribution in [2.24, 2.45) is 7.05 Å². The van der Waals surface area contributed by atoms with Gasteiger partial charge < -0.3 is 10.1 Å². The van der Waals surface area contributed by atoms with Crippen LogP contribution in [-0.4, -0.2) is 21.3 Å². The Hall–Kier alpha value is -2.41. The number of fused-ring (bicyclic) bond motifs is 3. The largest absolute Gasteiger partial charge is 0.483 e. The van der Waals surface area contributed by atoms with Crippen molar-refractivity contribution >= 4 is 33.2 Å². The highest BCUT2D eigenvalue weighted by Gasteiger charge is 2.33. The third-order valence-electron chi connectivity index (χ3n) is 5.85. The molecule has 29 heavy (non-hydrogen) atoms. The minimum absolute atomic E-state index is 0.0518. The van der Waals surface area contributed by atoms with Gasteiger partial charge in [0.2, 0.25) is 0 Å². The van der Waals surface area contributed by atoms with Gasteiger partial charge in [0, 0.05) is 66.5 Å². The Morgan fingerprint density at radius 2 is 2.21 bits per heavy atom. The maximum Gasteiger partial charge on any atom is 0.145 e. The molecule has 1 atom stereocenters. The van der Waals surface area contributed by atoms with Crippen molar-refractivity contribution in [2.75, 3.05) is 6.54 Å². The number of hydrogen-bond acceptors (Lipinski definition) is 5. The van der Waals surface area contributed by atoms with Gasteiger partial charge in [0.05, 0.1) is 21.6 Å². The van der Waals surface area contributed by atoms with E-state index in [0.29, 0.717) is 0 Å². The molecule has 0 fully saturated rings. The maximum atomic E-state index is 6.60. The van der Waals surface area contributed by atoms with Gasteiger partial charge in [-0.2, -0.15) is 5.10 Å². The molecule has 6 rings (SSSR count). The lowest BCUT2D eigenvalue weighted by Gasteiger charge is -2.17. The fraction of sp³-hybridized carbons (Fsp3) is 0.273. The average Bonchev–Trinajstić information content (AvgIpc) is 3.42. The Kier molecular flexibility index (Phi) is 3.94. The Morgan fingerprint density at radius 3 is 3.14 bits per heavy atom. The van der Waals surface area contributed by atoms with Crippen molar-refractivity contribution < 1.29 is 4.74 Å². The number of halogens is 1. The molecule has 5 heterocycles. The first kappa shape index (κ1) is 17.4. The van der Waals surface area contributed by atoms with Crippen molar-refractivity contribution in [3.63, 3.8) is 0 Å². The summed E-state index contributed by atoms with van der Waals surface area (Å²) in [6.07, 6.45) is 3.57. The summed E-state index contributed by atoms with van der Waals surface area (Å²) in [6.45, 7) is 1.83. The number of benzene rings is 1. The van der Waals surface area contributed by atoms with E-state index >= 15 is 0 Å². The molecule has 3 aromatic heterocycles. The summed E-state index contributed by atoms with van der Waals surface area (Å²) in [5.74, 6) is 0.930. The third-order valence-corrected chi connectivity index (χ3v) is 7.01. The first-order valence-electron chi connectivity index (χ1n) is 9.76. The van der Waals surface area contributed by atoms with Crippen LogP contribution in [0.1, 0.15) is 28.6 Å². The van der Waals surface area contributed by atoms with Crippen LogP contribution in [0.4, 0.5) is 0 Å². The number of thiophene rings is 1. The van der Waals surface area contributed by atoms with Crippen molar-refractivity contribution in [2.45, 2.75) is 25.5 Å². The Bertz CT molecular complexity index is 1260. The van der Waals surface area contributed by atoms with Crippen LogP contribution in [0.25, 0.3) is 21.3 Å². The van der Waals surface area contributed by atoms with Crippen LogP contribution in [0.15, 0.2) is 35.8 Å². The molecule has 0 bridgehead atoms. The zero-order valence-electron chi connectivity index (χ0n) is 15.9. The van der Waals surface area contributed by atoms with E-state index in [1.54, 1.807) is 11.3 Å². The molecule has 0 spiro atoms. The van der Waals surface area contributed by atoms with E-state index in [1.807, 2.05) is 36.1 Å². The predicted octanol–water partition coefficient (Wildman–Crippen LogP) is 4.67. The SMILES string of the molecule is Cn1nc2c(c1C1Cc3cc(Cl)cc(-c4ccnc5ccsc45)c3O1)CNCC2. The first-order valence-corrected chi connectivity index (χ1v) is 11.0. The van der Waals surface area contributed by atoms with Crippen LogP contribution in [0.3, 0.4) is 0 Å². The summed E-state index contributed by atoms with van der Waals surface area (Å²) in [7, 11) is 2.02. The zero-order chi connectivity index (χ0) is 19.5. The lowest BCUT2D eigenvalue weighted by Crippen LogP contribution is -2.24. The van der Waals surface area contributed by atoms with Crippen molar-refractivity contribution in [3.05, 3.63) is 63.4 Å². The molecule has 1 N–H and O–H groups in total. The second kappa shape index (κ2) is 6.55. The van der Waals surface area contributed by atoms with E-state index in [-0.39, 0.29) is 6.10 Å². The van der Waals surface area contributed by atoms with Gasteiger partial charge in [-0.05, 0) is 29.6 Å². The van der Waals surface area contributed by atoms with Crippen LogP contribution >= 0.6 is 22.9 Å². The summed E-state index contributed by atoms with van der Waals surface area (Å²) in [5.41, 5.74) is 7.96. The van der Waals surface area contributed by atoms with Gasteiger partial charge >= 0.3 is 0 Å². The number of nitrogens with one attached hydrogen (secondary N) is 1. The van der Waals surface area contributed by atoms with Gasteiger partial charge in [-0.1, -0.05) is 11.6 Å². The van der Waals surface area contributed by atoms with E-state index < -0.39 is 0 Å². The number of rotatable bonds is 2. The molecule has 4 aromatic rings. The molecule has 5 nitrogen and oxygen atoms in total. The maximum absolute atomic E-state index is 6.60. The monoisotopic (exact) mass is 422 g/mol. The quantitative estimate of drug-likeness (QED) is 0.510. The average molecular weight is 423 g/mol. The number of pyridine rings is 1. The summed E-state index contributed by atoms with van der Waals surface area (Å²) in [4.78, 5) is 4.48. The minimum Gasteiger partial charge on any atom is -0.483 e. The zero-order valence-corrected chi connectivity index (χ0v) is 17.5. The molecule has 0 saturated heterocycles. The second-order valence-electron chi connectivity index (χ2n) is 7.61. The Labute approximate surface area is 177 Å². The Balaban J connectivity index is 1.47. The molecule has 0 aliphatic carbocycles. The topological polar surface area (TPSA) is 52.0 Å². The Morgan fingerprint density at radius 1 is 1.28 bits per heavy atom. The third kappa shape index (κ3) is 2.70. The fourth-order valence-corrected chi connectivity index (χ4v) is 5.74. The molecule has 2 aliphatic heterocycles. The van der Waals surface area contributed by atoms with Gasteiger partial charge in [-0.3, -0.25) is 9.67 Å². The van der Waals surface area contributed by atoms with Gasteiger partial charge in [0.25, 0.3) is 0 Å². The van der Waals surface area contributed by atoms with Crippen LogP contribution < -0.4 is 10.1 Å². The van der Waals surface area contributed by atoms with Crippen molar-refractivity contribution in [1.29, 1.82) is 0 Å².